The zero-order valence-corrected chi connectivity index (χ0v) is 11.7. The summed E-state index contributed by atoms with van der Waals surface area (Å²) >= 11 is 5.89. The minimum absolute atomic E-state index is 0.331. The highest BCUT2D eigenvalue weighted by Gasteiger charge is 2.41. The largest absolute Gasteiger partial charge is 0.367 e. The van der Waals surface area contributed by atoms with Gasteiger partial charge < -0.3 is 5.32 Å². The number of hydrogen-bond acceptors (Lipinski definition) is 3. The molecule has 2 aliphatic carbocycles. The molecule has 0 radical (unpaired) electrons. The molecule has 1 heterocycles. The summed E-state index contributed by atoms with van der Waals surface area (Å²) in [6.07, 6.45) is 5.70. The molecule has 98 valence electrons. The lowest BCUT2D eigenvalue weighted by Crippen LogP contribution is -2.30. The number of nitrogens with one attached hydrogen (secondary N) is 1. The molecular formula is C14H20ClN3. The monoisotopic (exact) mass is 265 g/mol. The summed E-state index contributed by atoms with van der Waals surface area (Å²) < 4.78 is 0. The van der Waals surface area contributed by atoms with Crippen molar-refractivity contribution in [3.8, 4) is 0 Å². The van der Waals surface area contributed by atoms with Gasteiger partial charge in [0.05, 0.1) is 0 Å². The van der Waals surface area contributed by atoms with Crippen LogP contribution in [0.15, 0.2) is 6.07 Å². The molecule has 2 aliphatic rings. The Hall–Kier alpha value is -0.830. The van der Waals surface area contributed by atoms with Crippen molar-refractivity contribution in [1.82, 2.24) is 9.97 Å². The van der Waals surface area contributed by atoms with E-state index in [1.54, 1.807) is 0 Å². The van der Waals surface area contributed by atoms with Gasteiger partial charge in [-0.3, -0.25) is 0 Å². The van der Waals surface area contributed by atoms with Gasteiger partial charge in [-0.2, -0.15) is 0 Å². The summed E-state index contributed by atoms with van der Waals surface area (Å²) in [6, 6.07) is 2.45. The van der Waals surface area contributed by atoms with E-state index in [9.17, 15) is 0 Å². The molecule has 0 saturated heterocycles. The van der Waals surface area contributed by atoms with E-state index in [-0.39, 0.29) is 0 Å². The van der Waals surface area contributed by atoms with Crippen LogP contribution in [0, 0.1) is 24.7 Å². The first-order valence-corrected chi connectivity index (χ1v) is 7.27. The Kier molecular flexibility index (Phi) is 3.18. The molecule has 0 aliphatic heterocycles. The zero-order chi connectivity index (χ0) is 12.7. The first-order chi connectivity index (χ1) is 8.61. The lowest BCUT2D eigenvalue weighted by atomic mass is 9.84. The fourth-order valence-electron chi connectivity index (χ4n) is 3.85. The minimum Gasteiger partial charge on any atom is -0.367 e. The minimum atomic E-state index is 0.331. The first-order valence-electron chi connectivity index (χ1n) is 6.89. The van der Waals surface area contributed by atoms with Crippen LogP contribution in [0.5, 0.6) is 0 Å². The Morgan fingerprint density at radius 3 is 2.78 bits per heavy atom. The van der Waals surface area contributed by atoms with Gasteiger partial charge in [-0.1, -0.05) is 6.42 Å². The Morgan fingerprint density at radius 2 is 2.17 bits per heavy atom. The second kappa shape index (κ2) is 4.69. The van der Waals surface area contributed by atoms with E-state index in [2.05, 4.69) is 22.2 Å². The van der Waals surface area contributed by atoms with E-state index in [1.165, 1.54) is 25.7 Å². The lowest BCUT2D eigenvalue weighted by Gasteiger charge is -2.28. The van der Waals surface area contributed by atoms with E-state index in [0.717, 1.165) is 29.3 Å². The van der Waals surface area contributed by atoms with E-state index >= 15 is 0 Å². The smallest absolute Gasteiger partial charge is 0.224 e. The molecule has 1 aromatic heterocycles. The third-order valence-corrected chi connectivity index (χ3v) is 4.81. The molecule has 0 spiro atoms. The SMILES string of the molecule is Cc1cc(NC(C)C2CC3CCC2C3)nc(Cl)n1. The predicted molar refractivity (Wildman–Crippen MR) is 73.8 cm³/mol. The molecule has 18 heavy (non-hydrogen) atoms. The highest BCUT2D eigenvalue weighted by Crippen LogP contribution is 2.49. The molecule has 4 unspecified atom stereocenters. The van der Waals surface area contributed by atoms with Crippen molar-refractivity contribution in [1.29, 1.82) is 0 Å². The van der Waals surface area contributed by atoms with Gasteiger partial charge in [-0.25, -0.2) is 9.97 Å². The number of rotatable bonds is 3. The van der Waals surface area contributed by atoms with Crippen LogP contribution < -0.4 is 5.32 Å². The van der Waals surface area contributed by atoms with Gasteiger partial charge in [0.1, 0.15) is 5.82 Å². The molecule has 4 heteroatoms. The Labute approximate surface area is 113 Å². The predicted octanol–water partition coefficient (Wildman–Crippen LogP) is 3.68. The number of aryl methyl sites for hydroxylation is 1. The van der Waals surface area contributed by atoms with Crippen LogP contribution in [0.2, 0.25) is 5.28 Å². The molecule has 2 bridgehead atoms. The van der Waals surface area contributed by atoms with Crippen molar-refractivity contribution in [2.24, 2.45) is 17.8 Å². The summed E-state index contributed by atoms with van der Waals surface area (Å²) in [4.78, 5) is 8.34. The van der Waals surface area contributed by atoms with Crippen LogP contribution in [0.4, 0.5) is 5.82 Å². The van der Waals surface area contributed by atoms with Crippen LogP contribution in [0.1, 0.15) is 38.3 Å². The van der Waals surface area contributed by atoms with E-state index in [4.69, 9.17) is 11.6 Å². The maximum atomic E-state index is 5.89. The molecule has 1 N–H and O–H groups in total. The maximum absolute atomic E-state index is 5.89. The topological polar surface area (TPSA) is 37.8 Å². The van der Waals surface area contributed by atoms with E-state index in [1.807, 2.05) is 13.0 Å². The van der Waals surface area contributed by atoms with Gasteiger partial charge in [0, 0.05) is 17.8 Å². The maximum Gasteiger partial charge on any atom is 0.224 e. The highest BCUT2D eigenvalue weighted by molar-refractivity contribution is 6.28. The summed E-state index contributed by atoms with van der Waals surface area (Å²) in [5, 5.41) is 3.85. The molecule has 1 aromatic rings. The van der Waals surface area contributed by atoms with Crippen LogP contribution in [-0.2, 0) is 0 Å². The van der Waals surface area contributed by atoms with Crippen molar-refractivity contribution in [3.63, 3.8) is 0 Å². The molecule has 4 atom stereocenters. The molecule has 3 rings (SSSR count). The third-order valence-electron chi connectivity index (χ3n) is 4.64. The summed E-state index contributed by atoms with van der Waals surface area (Å²) in [6.45, 7) is 4.22. The Morgan fingerprint density at radius 1 is 1.33 bits per heavy atom. The van der Waals surface area contributed by atoms with E-state index in [0.29, 0.717) is 11.3 Å². The van der Waals surface area contributed by atoms with Gasteiger partial charge >= 0.3 is 0 Å². The van der Waals surface area contributed by atoms with Gasteiger partial charge in [-0.15, -0.1) is 0 Å². The van der Waals surface area contributed by atoms with E-state index < -0.39 is 0 Å². The highest BCUT2D eigenvalue weighted by atomic mass is 35.5. The Balaban J connectivity index is 1.68. The van der Waals surface area contributed by atoms with Gasteiger partial charge in [0.15, 0.2) is 0 Å². The van der Waals surface area contributed by atoms with Crippen molar-refractivity contribution < 1.29 is 0 Å². The molecule has 2 fully saturated rings. The molecule has 3 nitrogen and oxygen atoms in total. The summed E-state index contributed by atoms with van der Waals surface area (Å²) in [5.41, 5.74) is 0.914. The van der Waals surface area contributed by atoms with Gasteiger partial charge in [0.25, 0.3) is 0 Å². The second-order valence-corrected chi connectivity index (χ2v) is 6.27. The number of aromatic nitrogens is 2. The number of hydrogen-bond donors (Lipinski definition) is 1. The number of anilines is 1. The standard InChI is InChI=1S/C14H20ClN3/c1-8-5-13(18-14(15)16-8)17-9(2)12-7-10-3-4-11(12)6-10/h5,9-12H,3-4,6-7H2,1-2H3,(H,16,17,18). The fraction of sp³-hybridized carbons (Fsp3) is 0.714. The average molecular weight is 266 g/mol. The van der Waals surface area contributed by atoms with Crippen molar-refractivity contribution in [2.45, 2.75) is 45.6 Å². The Bertz CT molecular complexity index is 428. The number of nitrogens with zero attached hydrogens (tertiary/aromatic N) is 2. The number of halogens is 1. The van der Waals surface area contributed by atoms with Crippen molar-refractivity contribution in [3.05, 3.63) is 17.0 Å². The van der Waals surface area contributed by atoms with Crippen LogP contribution in [-0.4, -0.2) is 16.0 Å². The lowest BCUT2D eigenvalue weighted by molar-refractivity contribution is 0.304. The summed E-state index contributed by atoms with van der Waals surface area (Å²) in [7, 11) is 0. The molecule has 2 saturated carbocycles. The van der Waals surface area contributed by atoms with Crippen molar-refractivity contribution in [2.75, 3.05) is 5.32 Å². The van der Waals surface area contributed by atoms with Crippen LogP contribution in [0.25, 0.3) is 0 Å². The quantitative estimate of drug-likeness (QED) is 0.848. The average Bonchev–Trinajstić information content (AvgIpc) is 2.88. The second-order valence-electron chi connectivity index (χ2n) is 5.94. The van der Waals surface area contributed by atoms with Gasteiger partial charge in [-0.05, 0) is 62.5 Å². The molecule has 0 amide bonds. The third kappa shape index (κ3) is 2.33. The molecular weight excluding hydrogens is 246 g/mol. The summed E-state index contributed by atoms with van der Waals surface area (Å²) in [5.74, 6) is 3.58. The normalized spacial score (nSPS) is 31.6. The van der Waals surface area contributed by atoms with Crippen LogP contribution >= 0.6 is 11.6 Å². The first kappa shape index (κ1) is 12.2. The zero-order valence-electron chi connectivity index (χ0n) is 11.0. The molecule has 0 aromatic carbocycles. The van der Waals surface area contributed by atoms with Crippen molar-refractivity contribution >= 4 is 17.4 Å². The van der Waals surface area contributed by atoms with Gasteiger partial charge in [0.2, 0.25) is 5.28 Å². The fourth-order valence-corrected chi connectivity index (χ4v) is 4.08. The number of fused-ring (bicyclic) bond motifs is 2. The van der Waals surface area contributed by atoms with Crippen LogP contribution in [0.3, 0.4) is 0 Å².